The van der Waals surface area contributed by atoms with Crippen LogP contribution in [0.5, 0.6) is 0 Å². The fourth-order valence-electron chi connectivity index (χ4n) is 2.24. The Hall–Kier alpha value is -0.620. The van der Waals surface area contributed by atoms with E-state index in [1.807, 2.05) is 4.90 Å². The Morgan fingerprint density at radius 1 is 1.33 bits per heavy atom. The summed E-state index contributed by atoms with van der Waals surface area (Å²) in [5, 5.41) is 0. The van der Waals surface area contributed by atoms with Gasteiger partial charge in [-0.05, 0) is 19.3 Å². The van der Waals surface area contributed by atoms with Crippen LogP contribution in [0.4, 0.5) is 0 Å². The smallest absolute Gasteiger partial charge is 0.222 e. The normalized spacial score (nSPS) is 18.3. The van der Waals surface area contributed by atoms with E-state index in [9.17, 15) is 13.2 Å². The van der Waals surface area contributed by atoms with Crippen LogP contribution in [0.15, 0.2) is 0 Å². The first kappa shape index (κ1) is 15.4. The lowest BCUT2D eigenvalue weighted by Crippen LogP contribution is -2.46. The number of hydrogen-bond donors (Lipinski definition) is 0. The highest BCUT2D eigenvalue weighted by Gasteiger charge is 2.28. The van der Waals surface area contributed by atoms with Crippen molar-refractivity contribution in [3.05, 3.63) is 0 Å². The standard InChI is InChI=1S/C12H24N2O3S/c1-4-5-6-12(15)14-9-7-11(8-10-14)13(2)18(3,16)17/h11H,4-10H2,1-3H3. The van der Waals surface area contributed by atoms with Crippen LogP contribution >= 0.6 is 0 Å². The highest BCUT2D eigenvalue weighted by molar-refractivity contribution is 7.88. The van der Waals surface area contributed by atoms with Crippen molar-refractivity contribution < 1.29 is 13.2 Å². The molecule has 0 aromatic heterocycles. The molecule has 0 saturated carbocycles. The van der Waals surface area contributed by atoms with Crippen molar-refractivity contribution >= 4 is 15.9 Å². The van der Waals surface area contributed by atoms with Gasteiger partial charge < -0.3 is 4.90 Å². The van der Waals surface area contributed by atoms with E-state index in [1.165, 1.54) is 10.6 Å². The Bertz CT molecular complexity index is 373. The molecule has 0 unspecified atom stereocenters. The summed E-state index contributed by atoms with van der Waals surface area (Å²) < 4.78 is 24.3. The summed E-state index contributed by atoms with van der Waals surface area (Å²) in [7, 11) is -1.50. The predicted molar refractivity (Wildman–Crippen MR) is 71.7 cm³/mol. The molecule has 0 aromatic rings. The number of carbonyl (C=O) groups is 1. The monoisotopic (exact) mass is 276 g/mol. The van der Waals surface area contributed by atoms with E-state index in [0.29, 0.717) is 19.5 Å². The van der Waals surface area contributed by atoms with Gasteiger partial charge in [0.15, 0.2) is 0 Å². The minimum atomic E-state index is -3.12. The van der Waals surface area contributed by atoms with Gasteiger partial charge in [0.05, 0.1) is 6.26 Å². The molecule has 1 heterocycles. The minimum absolute atomic E-state index is 0.0372. The van der Waals surface area contributed by atoms with E-state index in [-0.39, 0.29) is 11.9 Å². The lowest BCUT2D eigenvalue weighted by atomic mass is 10.0. The molecule has 1 aliphatic rings. The van der Waals surface area contributed by atoms with Crippen molar-refractivity contribution in [2.75, 3.05) is 26.4 Å². The fraction of sp³-hybridized carbons (Fsp3) is 0.917. The second-order valence-corrected chi connectivity index (χ2v) is 7.04. The topological polar surface area (TPSA) is 57.7 Å². The lowest BCUT2D eigenvalue weighted by molar-refractivity contribution is -0.132. The molecule has 0 aliphatic carbocycles. The van der Waals surface area contributed by atoms with E-state index in [2.05, 4.69) is 6.92 Å². The highest BCUT2D eigenvalue weighted by Crippen LogP contribution is 2.18. The van der Waals surface area contributed by atoms with Crippen LogP contribution in [-0.2, 0) is 14.8 Å². The SMILES string of the molecule is CCCCC(=O)N1CCC(N(C)S(C)(=O)=O)CC1. The Morgan fingerprint density at radius 3 is 2.33 bits per heavy atom. The number of amides is 1. The third-order valence-electron chi connectivity index (χ3n) is 3.60. The molecule has 0 spiro atoms. The van der Waals surface area contributed by atoms with E-state index in [0.717, 1.165) is 25.7 Å². The molecule has 0 radical (unpaired) electrons. The molecule has 0 N–H and O–H groups in total. The van der Waals surface area contributed by atoms with Crippen molar-refractivity contribution in [1.29, 1.82) is 0 Å². The maximum atomic E-state index is 11.8. The number of rotatable bonds is 5. The second-order valence-electron chi connectivity index (χ2n) is 4.99. The van der Waals surface area contributed by atoms with Gasteiger partial charge in [-0.15, -0.1) is 0 Å². The lowest BCUT2D eigenvalue weighted by Gasteiger charge is -2.35. The molecular formula is C12H24N2O3S. The summed E-state index contributed by atoms with van der Waals surface area (Å²) in [5.41, 5.74) is 0. The van der Waals surface area contributed by atoms with Gasteiger partial charge in [-0.25, -0.2) is 12.7 Å². The summed E-state index contributed by atoms with van der Waals surface area (Å²) in [5.74, 6) is 0.206. The van der Waals surface area contributed by atoms with Crippen LogP contribution in [0.25, 0.3) is 0 Å². The van der Waals surface area contributed by atoms with E-state index < -0.39 is 10.0 Å². The van der Waals surface area contributed by atoms with Gasteiger partial charge in [-0.1, -0.05) is 13.3 Å². The van der Waals surface area contributed by atoms with Crippen LogP contribution in [0.3, 0.4) is 0 Å². The van der Waals surface area contributed by atoms with Crippen molar-refractivity contribution in [2.45, 2.75) is 45.1 Å². The van der Waals surface area contributed by atoms with E-state index >= 15 is 0 Å². The van der Waals surface area contributed by atoms with Crippen molar-refractivity contribution in [1.82, 2.24) is 9.21 Å². The van der Waals surface area contributed by atoms with Crippen molar-refractivity contribution in [3.8, 4) is 0 Å². The van der Waals surface area contributed by atoms with Crippen molar-refractivity contribution in [2.24, 2.45) is 0 Å². The molecule has 1 saturated heterocycles. The van der Waals surface area contributed by atoms with Gasteiger partial charge in [0.2, 0.25) is 15.9 Å². The average Bonchev–Trinajstić information content (AvgIpc) is 2.34. The highest BCUT2D eigenvalue weighted by atomic mass is 32.2. The zero-order valence-corrected chi connectivity index (χ0v) is 12.4. The first-order valence-corrected chi connectivity index (χ1v) is 8.42. The van der Waals surface area contributed by atoms with Gasteiger partial charge in [0, 0.05) is 32.6 Å². The van der Waals surface area contributed by atoms with Crippen LogP contribution in [0.1, 0.15) is 39.0 Å². The minimum Gasteiger partial charge on any atom is -0.343 e. The number of nitrogens with zero attached hydrogens (tertiary/aromatic N) is 2. The Labute approximate surface area is 110 Å². The average molecular weight is 276 g/mol. The Kier molecular flexibility index (Phi) is 5.59. The number of sulfonamides is 1. The molecule has 1 aliphatic heterocycles. The zero-order chi connectivity index (χ0) is 13.8. The number of likely N-dealkylation sites (tertiary alicyclic amines) is 1. The van der Waals surface area contributed by atoms with E-state index in [1.54, 1.807) is 7.05 Å². The zero-order valence-electron chi connectivity index (χ0n) is 11.6. The summed E-state index contributed by atoms with van der Waals surface area (Å²) >= 11 is 0. The first-order valence-electron chi connectivity index (χ1n) is 6.57. The van der Waals surface area contributed by atoms with Crippen LogP contribution in [0.2, 0.25) is 0 Å². The van der Waals surface area contributed by atoms with Crippen LogP contribution < -0.4 is 0 Å². The third-order valence-corrected chi connectivity index (χ3v) is 4.94. The molecule has 0 bridgehead atoms. The van der Waals surface area contributed by atoms with Gasteiger partial charge in [-0.3, -0.25) is 4.79 Å². The number of hydrogen-bond acceptors (Lipinski definition) is 3. The Balaban J connectivity index is 2.44. The van der Waals surface area contributed by atoms with Gasteiger partial charge in [0.1, 0.15) is 0 Å². The number of unbranched alkanes of at least 4 members (excludes halogenated alkanes) is 1. The number of carbonyl (C=O) groups excluding carboxylic acids is 1. The van der Waals surface area contributed by atoms with Gasteiger partial charge in [0.25, 0.3) is 0 Å². The van der Waals surface area contributed by atoms with Gasteiger partial charge in [-0.2, -0.15) is 0 Å². The molecule has 0 atom stereocenters. The molecule has 1 rings (SSSR count). The largest absolute Gasteiger partial charge is 0.343 e. The summed E-state index contributed by atoms with van der Waals surface area (Å²) in [6.45, 7) is 3.42. The van der Waals surface area contributed by atoms with E-state index in [4.69, 9.17) is 0 Å². The molecule has 0 aromatic carbocycles. The number of piperidine rings is 1. The third kappa shape index (κ3) is 4.24. The summed E-state index contributed by atoms with van der Waals surface area (Å²) in [6, 6.07) is 0.0372. The molecular weight excluding hydrogens is 252 g/mol. The second kappa shape index (κ2) is 6.52. The molecule has 106 valence electrons. The van der Waals surface area contributed by atoms with Crippen LogP contribution in [-0.4, -0.2) is 56.0 Å². The molecule has 6 heteroatoms. The Morgan fingerprint density at radius 2 is 1.89 bits per heavy atom. The van der Waals surface area contributed by atoms with Crippen molar-refractivity contribution in [3.63, 3.8) is 0 Å². The molecule has 5 nitrogen and oxygen atoms in total. The van der Waals surface area contributed by atoms with Gasteiger partial charge >= 0.3 is 0 Å². The predicted octanol–water partition coefficient (Wildman–Crippen LogP) is 1.06. The molecule has 1 amide bonds. The molecule has 1 fully saturated rings. The maximum absolute atomic E-state index is 11.8. The molecule has 18 heavy (non-hydrogen) atoms. The summed E-state index contributed by atoms with van der Waals surface area (Å²) in [4.78, 5) is 13.7. The fourth-order valence-corrected chi connectivity index (χ4v) is 2.99. The summed E-state index contributed by atoms with van der Waals surface area (Å²) in [6.07, 6.45) is 5.28. The van der Waals surface area contributed by atoms with Crippen LogP contribution in [0, 0.1) is 0 Å². The quantitative estimate of drug-likeness (QED) is 0.754. The maximum Gasteiger partial charge on any atom is 0.222 e. The first-order chi connectivity index (χ1) is 8.36.